The molecule has 30 heavy (non-hydrogen) atoms. The number of sulfonamides is 1. The molecule has 1 aliphatic rings. The smallest absolute Gasteiger partial charge is 0.273 e. The van der Waals surface area contributed by atoms with E-state index < -0.39 is 20.9 Å². The van der Waals surface area contributed by atoms with Gasteiger partial charge in [0.15, 0.2) is 5.69 Å². The van der Waals surface area contributed by atoms with Gasteiger partial charge in [-0.3, -0.25) is 14.9 Å². The highest BCUT2D eigenvalue weighted by molar-refractivity contribution is 7.89. The summed E-state index contributed by atoms with van der Waals surface area (Å²) in [6.07, 6.45) is 1.61. The number of nitrogens with one attached hydrogen (secondary N) is 1. The first-order valence-electron chi connectivity index (χ1n) is 9.68. The fraction of sp³-hybridized carbons (Fsp3) is 0.500. The lowest BCUT2D eigenvalue weighted by atomic mass is 10.1. The Hall–Kier alpha value is -2.86. The molecular weight excluding hydrogens is 412 g/mol. The van der Waals surface area contributed by atoms with Gasteiger partial charge in [-0.05, 0) is 32.3 Å². The van der Waals surface area contributed by atoms with E-state index in [1.54, 1.807) is 13.0 Å². The van der Waals surface area contributed by atoms with Crippen LogP contribution >= 0.6 is 0 Å². The van der Waals surface area contributed by atoms with Crippen molar-refractivity contribution in [1.29, 1.82) is 0 Å². The highest BCUT2D eigenvalue weighted by Gasteiger charge is 2.29. The average Bonchev–Trinajstić information content (AvgIpc) is 3.10. The van der Waals surface area contributed by atoms with Crippen molar-refractivity contribution >= 4 is 21.6 Å². The molecule has 1 N–H and O–H groups in total. The Kier molecular flexibility index (Phi) is 6.46. The number of nitrogens with zero attached hydrogens (tertiary/aromatic N) is 5. The minimum absolute atomic E-state index is 0.0850. The zero-order valence-corrected chi connectivity index (χ0v) is 17.6. The van der Waals surface area contributed by atoms with Gasteiger partial charge in [0.25, 0.3) is 11.6 Å². The molecule has 1 aromatic heterocycles. The fourth-order valence-corrected chi connectivity index (χ4v) is 4.98. The number of hydrogen-bond donors (Lipinski definition) is 1. The van der Waals surface area contributed by atoms with Crippen LogP contribution in [0.3, 0.4) is 0 Å². The van der Waals surface area contributed by atoms with E-state index in [1.165, 1.54) is 27.2 Å². The quantitative estimate of drug-likeness (QED) is 0.511. The number of rotatable bonds is 7. The lowest BCUT2D eigenvalue weighted by Gasteiger charge is -2.31. The third-order valence-electron chi connectivity index (χ3n) is 5.04. The molecule has 0 saturated carbocycles. The Labute approximate surface area is 174 Å². The van der Waals surface area contributed by atoms with Crippen molar-refractivity contribution < 1.29 is 18.1 Å². The number of benzene rings is 1. The van der Waals surface area contributed by atoms with E-state index >= 15 is 0 Å². The molecule has 2 heterocycles. The first-order chi connectivity index (χ1) is 14.2. The fourth-order valence-electron chi connectivity index (χ4n) is 3.44. The van der Waals surface area contributed by atoms with Crippen LogP contribution in [0.2, 0.25) is 0 Å². The number of amides is 1. The number of carbonyl (C=O) groups is 1. The normalized spacial score (nSPS) is 15.8. The van der Waals surface area contributed by atoms with Gasteiger partial charge in [-0.2, -0.15) is 0 Å². The Bertz CT molecular complexity index is 1040. The van der Waals surface area contributed by atoms with Gasteiger partial charge in [0.1, 0.15) is 0 Å². The molecular formula is C18H24N6O5S. The van der Waals surface area contributed by atoms with E-state index in [0.29, 0.717) is 43.7 Å². The number of piperidine rings is 1. The number of carbonyl (C=O) groups excluding carboxylic acids is 1. The average molecular weight is 436 g/mol. The van der Waals surface area contributed by atoms with Crippen molar-refractivity contribution in [2.24, 2.45) is 0 Å². The molecule has 3 rings (SSSR count). The molecule has 162 valence electrons. The first kappa shape index (κ1) is 21.8. The Morgan fingerprint density at radius 3 is 2.67 bits per heavy atom. The molecule has 1 aliphatic heterocycles. The van der Waals surface area contributed by atoms with Gasteiger partial charge in [-0.25, -0.2) is 17.4 Å². The summed E-state index contributed by atoms with van der Waals surface area (Å²) in [7, 11) is -3.23. The van der Waals surface area contributed by atoms with Crippen LogP contribution in [0.5, 0.6) is 0 Å². The lowest BCUT2D eigenvalue weighted by molar-refractivity contribution is -0.384. The highest BCUT2D eigenvalue weighted by Crippen LogP contribution is 2.19. The number of hydrogen-bond acceptors (Lipinski definition) is 7. The summed E-state index contributed by atoms with van der Waals surface area (Å²) in [4.78, 5) is 23.1. The van der Waals surface area contributed by atoms with Crippen LogP contribution in [0, 0.1) is 17.0 Å². The predicted octanol–water partition coefficient (Wildman–Crippen LogP) is 1.42. The molecule has 0 bridgehead atoms. The van der Waals surface area contributed by atoms with E-state index in [-0.39, 0.29) is 23.2 Å². The third-order valence-corrected chi connectivity index (χ3v) is 7.12. The predicted molar refractivity (Wildman–Crippen MR) is 109 cm³/mol. The number of aromatic nitrogens is 3. The van der Waals surface area contributed by atoms with Gasteiger partial charge in [0.2, 0.25) is 10.0 Å². The second-order valence-electron chi connectivity index (χ2n) is 7.18. The van der Waals surface area contributed by atoms with Crippen molar-refractivity contribution in [3.63, 3.8) is 0 Å². The first-order valence-corrected chi connectivity index (χ1v) is 11.3. The SMILES string of the molecule is CCCS(=O)(=O)N1CCC(NC(=O)c2nnn(-c3cccc([N+](=O)[O-])c3)c2C)CC1. The van der Waals surface area contributed by atoms with Gasteiger partial charge in [-0.1, -0.05) is 18.2 Å². The summed E-state index contributed by atoms with van der Waals surface area (Å²) in [5.74, 6) is -0.275. The summed E-state index contributed by atoms with van der Waals surface area (Å²) >= 11 is 0. The summed E-state index contributed by atoms with van der Waals surface area (Å²) in [6, 6.07) is 5.75. The zero-order valence-electron chi connectivity index (χ0n) is 16.8. The van der Waals surface area contributed by atoms with Crippen LogP contribution in [-0.2, 0) is 10.0 Å². The maximum atomic E-state index is 12.7. The largest absolute Gasteiger partial charge is 0.348 e. The van der Waals surface area contributed by atoms with Gasteiger partial charge in [0, 0.05) is 31.3 Å². The zero-order chi connectivity index (χ0) is 21.9. The van der Waals surface area contributed by atoms with Gasteiger partial charge < -0.3 is 5.32 Å². The van der Waals surface area contributed by atoms with Crippen molar-refractivity contribution in [3.8, 4) is 5.69 Å². The summed E-state index contributed by atoms with van der Waals surface area (Å²) in [5, 5.41) is 21.8. The molecule has 1 fully saturated rings. The molecule has 0 radical (unpaired) electrons. The van der Waals surface area contributed by atoms with Crippen molar-refractivity contribution in [3.05, 3.63) is 45.8 Å². The highest BCUT2D eigenvalue weighted by atomic mass is 32.2. The maximum absolute atomic E-state index is 12.7. The number of nitro benzene ring substituents is 1. The topological polar surface area (TPSA) is 140 Å². The maximum Gasteiger partial charge on any atom is 0.273 e. The van der Waals surface area contributed by atoms with Crippen molar-refractivity contribution in [2.45, 2.75) is 39.2 Å². The standard InChI is InChI=1S/C18H24N6O5S/c1-3-11-30(28,29)22-9-7-14(8-10-22)19-18(25)17-13(2)23(21-20-17)15-5-4-6-16(12-15)24(26)27/h4-6,12,14H,3,7-11H2,1-2H3,(H,19,25). The van der Waals surface area contributed by atoms with Crippen LogP contribution in [0.25, 0.3) is 5.69 Å². The van der Waals surface area contributed by atoms with E-state index in [1.807, 2.05) is 6.92 Å². The second kappa shape index (κ2) is 8.88. The second-order valence-corrected chi connectivity index (χ2v) is 9.26. The van der Waals surface area contributed by atoms with Crippen molar-refractivity contribution in [2.75, 3.05) is 18.8 Å². The molecule has 0 aliphatic carbocycles. The van der Waals surface area contributed by atoms with Crippen LogP contribution < -0.4 is 5.32 Å². The molecule has 0 atom stereocenters. The minimum atomic E-state index is -3.23. The molecule has 1 saturated heterocycles. The number of nitro groups is 1. The summed E-state index contributed by atoms with van der Waals surface area (Å²) < 4.78 is 27.2. The van der Waals surface area contributed by atoms with Gasteiger partial charge in [0.05, 0.1) is 22.1 Å². The number of non-ortho nitro benzene ring substituents is 1. The molecule has 1 aromatic carbocycles. The van der Waals surface area contributed by atoms with Crippen LogP contribution in [0.4, 0.5) is 5.69 Å². The van der Waals surface area contributed by atoms with Crippen LogP contribution in [-0.4, -0.2) is 63.4 Å². The molecule has 11 nitrogen and oxygen atoms in total. The van der Waals surface area contributed by atoms with E-state index in [9.17, 15) is 23.3 Å². The van der Waals surface area contributed by atoms with Gasteiger partial charge >= 0.3 is 0 Å². The van der Waals surface area contributed by atoms with Crippen LogP contribution in [0.1, 0.15) is 42.4 Å². The molecule has 0 spiro atoms. The molecule has 0 unspecified atom stereocenters. The summed E-state index contributed by atoms with van der Waals surface area (Å²) in [6.45, 7) is 4.22. The Balaban J connectivity index is 1.67. The third kappa shape index (κ3) is 4.65. The van der Waals surface area contributed by atoms with E-state index in [2.05, 4.69) is 15.6 Å². The molecule has 12 heteroatoms. The van der Waals surface area contributed by atoms with Crippen molar-refractivity contribution in [1.82, 2.24) is 24.6 Å². The Morgan fingerprint density at radius 2 is 2.03 bits per heavy atom. The van der Waals surface area contributed by atoms with E-state index in [0.717, 1.165) is 0 Å². The Morgan fingerprint density at radius 1 is 1.33 bits per heavy atom. The lowest BCUT2D eigenvalue weighted by Crippen LogP contribution is -2.47. The molecule has 1 amide bonds. The van der Waals surface area contributed by atoms with Gasteiger partial charge in [-0.15, -0.1) is 5.10 Å². The monoisotopic (exact) mass is 436 g/mol. The van der Waals surface area contributed by atoms with Crippen LogP contribution in [0.15, 0.2) is 24.3 Å². The molecule has 2 aromatic rings. The minimum Gasteiger partial charge on any atom is -0.348 e. The summed E-state index contributed by atoms with van der Waals surface area (Å²) in [5.41, 5.74) is 0.930. The van der Waals surface area contributed by atoms with E-state index in [4.69, 9.17) is 0 Å².